The standard InChI is InChI=1S/C18H28N2O2/c1-14-7-9-16(10-8-14)19-15-6-5-12-20(13-11-15)17(21)22-18(2,3)4/h7-10,15,19H,5-6,11-13H2,1-4H3. The van der Waals surface area contributed by atoms with Crippen molar-refractivity contribution in [2.45, 2.75) is 58.6 Å². The van der Waals surface area contributed by atoms with Gasteiger partial charge < -0.3 is 15.0 Å². The number of aryl methyl sites for hydroxylation is 1. The van der Waals surface area contributed by atoms with Gasteiger partial charge in [0.05, 0.1) is 0 Å². The zero-order valence-corrected chi connectivity index (χ0v) is 14.2. The molecule has 122 valence electrons. The number of carbonyl (C=O) groups excluding carboxylic acids is 1. The molecule has 1 amide bonds. The fourth-order valence-corrected chi connectivity index (χ4v) is 2.64. The second kappa shape index (κ2) is 7.03. The third-order valence-corrected chi connectivity index (χ3v) is 3.80. The zero-order chi connectivity index (χ0) is 16.2. The van der Waals surface area contributed by atoms with E-state index in [-0.39, 0.29) is 6.09 Å². The molecule has 0 saturated carbocycles. The SMILES string of the molecule is Cc1ccc(NC2CCCN(C(=O)OC(C)(C)C)CC2)cc1. The molecule has 2 rings (SSSR count). The van der Waals surface area contributed by atoms with Gasteiger partial charge in [-0.15, -0.1) is 0 Å². The maximum Gasteiger partial charge on any atom is 0.410 e. The summed E-state index contributed by atoms with van der Waals surface area (Å²) in [5.74, 6) is 0. The molecule has 1 unspecified atom stereocenters. The summed E-state index contributed by atoms with van der Waals surface area (Å²) in [6.07, 6.45) is 2.84. The molecule has 1 aliphatic rings. The Balaban J connectivity index is 1.87. The van der Waals surface area contributed by atoms with Crippen molar-refractivity contribution < 1.29 is 9.53 Å². The predicted molar refractivity (Wildman–Crippen MR) is 90.2 cm³/mol. The van der Waals surface area contributed by atoms with E-state index in [0.29, 0.717) is 6.04 Å². The quantitative estimate of drug-likeness (QED) is 0.890. The van der Waals surface area contributed by atoms with Gasteiger partial charge in [-0.05, 0) is 59.1 Å². The molecule has 22 heavy (non-hydrogen) atoms. The molecule has 1 aromatic carbocycles. The molecule has 1 aromatic rings. The van der Waals surface area contributed by atoms with Gasteiger partial charge in [-0.2, -0.15) is 0 Å². The molecule has 0 aliphatic carbocycles. The Morgan fingerprint density at radius 3 is 2.50 bits per heavy atom. The molecule has 0 spiro atoms. The largest absolute Gasteiger partial charge is 0.444 e. The van der Waals surface area contributed by atoms with Gasteiger partial charge in [-0.25, -0.2) is 4.79 Å². The van der Waals surface area contributed by atoms with Gasteiger partial charge in [0, 0.05) is 24.8 Å². The molecule has 4 nitrogen and oxygen atoms in total. The number of anilines is 1. The molecule has 1 saturated heterocycles. The van der Waals surface area contributed by atoms with Crippen molar-refractivity contribution in [1.29, 1.82) is 0 Å². The first-order valence-corrected chi connectivity index (χ1v) is 8.14. The fourth-order valence-electron chi connectivity index (χ4n) is 2.64. The number of rotatable bonds is 2. The number of ether oxygens (including phenoxy) is 1. The molecule has 1 fully saturated rings. The van der Waals surface area contributed by atoms with Crippen molar-refractivity contribution in [2.75, 3.05) is 18.4 Å². The number of hydrogen-bond acceptors (Lipinski definition) is 3. The average molecular weight is 304 g/mol. The van der Waals surface area contributed by atoms with Gasteiger partial charge in [0.1, 0.15) is 5.60 Å². The monoisotopic (exact) mass is 304 g/mol. The number of likely N-dealkylation sites (tertiary alicyclic amines) is 1. The number of amides is 1. The van der Waals surface area contributed by atoms with Crippen LogP contribution in [0.2, 0.25) is 0 Å². The zero-order valence-electron chi connectivity index (χ0n) is 14.2. The fraction of sp³-hybridized carbons (Fsp3) is 0.611. The van der Waals surface area contributed by atoms with Gasteiger partial charge >= 0.3 is 6.09 Å². The summed E-state index contributed by atoms with van der Waals surface area (Å²) in [5.41, 5.74) is 1.99. The number of benzene rings is 1. The molecule has 1 aliphatic heterocycles. The van der Waals surface area contributed by atoms with Gasteiger partial charge in [0.2, 0.25) is 0 Å². The van der Waals surface area contributed by atoms with Crippen LogP contribution >= 0.6 is 0 Å². The van der Waals surface area contributed by atoms with E-state index in [4.69, 9.17) is 4.74 Å². The lowest BCUT2D eigenvalue weighted by atomic mass is 10.1. The first kappa shape index (κ1) is 16.7. The van der Waals surface area contributed by atoms with Crippen molar-refractivity contribution in [3.05, 3.63) is 29.8 Å². The number of hydrogen-bond donors (Lipinski definition) is 1. The van der Waals surface area contributed by atoms with E-state index in [0.717, 1.165) is 38.0 Å². The normalized spacial score (nSPS) is 19.5. The van der Waals surface area contributed by atoms with Crippen LogP contribution in [0.5, 0.6) is 0 Å². The van der Waals surface area contributed by atoms with Crippen LogP contribution in [0.4, 0.5) is 10.5 Å². The van der Waals surface area contributed by atoms with Crippen LogP contribution in [0.15, 0.2) is 24.3 Å². The van der Waals surface area contributed by atoms with Crippen LogP contribution in [-0.4, -0.2) is 35.7 Å². The molecule has 0 aromatic heterocycles. The lowest BCUT2D eigenvalue weighted by Crippen LogP contribution is -2.37. The molecule has 1 N–H and O–H groups in total. The summed E-state index contributed by atoms with van der Waals surface area (Å²) in [7, 11) is 0. The lowest BCUT2D eigenvalue weighted by Gasteiger charge is -2.26. The molecular formula is C18H28N2O2. The van der Waals surface area contributed by atoms with E-state index >= 15 is 0 Å². The van der Waals surface area contributed by atoms with Crippen LogP contribution in [0.25, 0.3) is 0 Å². The Morgan fingerprint density at radius 1 is 1.18 bits per heavy atom. The third kappa shape index (κ3) is 5.24. The van der Waals surface area contributed by atoms with Crippen LogP contribution in [0.3, 0.4) is 0 Å². The lowest BCUT2D eigenvalue weighted by molar-refractivity contribution is 0.0256. The molecule has 0 radical (unpaired) electrons. The minimum atomic E-state index is -0.428. The number of nitrogens with zero attached hydrogens (tertiary/aromatic N) is 1. The van der Waals surface area contributed by atoms with E-state index in [9.17, 15) is 4.79 Å². The maximum atomic E-state index is 12.2. The van der Waals surface area contributed by atoms with E-state index in [1.807, 2.05) is 25.7 Å². The highest BCUT2D eigenvalue weighted by atomic mass is 16.6. The Bertz CT molecular complexity index is 491. The van der Waals surface area contributed by atoms with Gasteiger partial charge in [0.25, 0.3) is 0 Å². The summed E-state index contributed by atoms with van der Waals surface area (Å²) in [6.45, 7) is 9.34. The van der Waals surface area contributed by atoms with E-state index < -0.39 is 5.60 Å². The Kier molecular flexibility index (Phi) is 5.33. The molecular weight excluding hydrogens is 276 g/mol. The van der Waals surface area contributed by atoms with Crippen molar-refractivity contribution in [3.63, 3.8) is 0 Å². The van der Waals surface area contributed by atoms with Gasteiger partial charge in [-0.1, -0.05) is 17.7 Å². The highest BCUT2D eigenvalue weighted by Crippen LogP contribution is 2.19. The van der Waals surface area contributed by atoms with Crippen LogP contribution in [0.1, 0.15) is 45.6 Å². The molecule has 1 heterocycles. The van der Waals surface area contributed by atoms with Crippen molar-refractivity contribution in [2.24, 2.45) is 0 Å². The van der Waals surface area contributed by atoms with Gasteiger partial charge in [-0.3, -0.25) is 0 Å². The molecule has 4 heteroatoms. The number of carbonyl (C=O) groups is 1. The minimum absolute atomic E-state index is 0.191. The van der Waals surface area contributed by atoms with Gasteiger partial charge in [0.15, 0.2) is 0 Å². The minimum Gasteiger partial charge on any atom is -0.444 e. The Hall–Kier alpha value is -1.71. The van der Waals surface area contributed by atoms with E-state index in [1.54, 1.807) is 0 Å². The summed E-state index contributed by atoms with van der Waals surface area (Å²) in [5, 5.41) is 3.58. The van der Waals surface area contributed by atoms with Crippen molar-refractivity contribution >= 4 is 11.8 Å². The highest BCUT2D eigenvalue weighted by Gasteiger charge is 2.25. The maximum absolute atomic E-state index is 12.2. The Morgan fingerprint density at radius 2 is 1.86 bits per heavy atom. The first-order chi connectivity index (χ1) is 10.3. The van der Waals surface area contributed by atoms with Crippen molar-refractivity contribution in [1.82, 2.24) is 4.90 Å². The average Bonchev–Trinajstić information content (AvgIpc) is 2.65. The van der Waals surface area contributed by atoms with Crippen LogP contribution in [0, 0.1) is 6.92 Å². The highest BCUT2D eigenvalue weighted by molar-refractivity contribution is 5.68. The summed E-state index contributed by atoms with van der Waals surface area (Å²) in [6, 6.07) is 8.88. The van der Waals surface area contributed by atoms with Crippen LogP contribution in [-0.2, 0) is 4.74 Å². The van der Waals surface area contributed by atoms with E-state index in [1.165, 1.54) is 5.56 Å². The Labute approximate surface area is 133 Å². The summed E-state index contributed by atoms with van der Waals surface area (Å²) < 4.78 is 5.47. The smallest absolute Gasteiger partial charge is 0.410 e. The molecule has 1 atom stereocenters. The summed E-state index contributed by atoms with van der Waals surface area (Å²) >= 11 is 0. The van der Waals surface area contributed by atoms with Crippen LogP contribution < -0.4 is 5.32 Å². The topological polar surface area (TPSA) is 41.6 Å². The second-order valence-corrected chi connectivity index (χ2v) is 7.11. The predicted octanol–water partition coefficient (Wildman–Crippen LogP) is 4.20. The van der Waals surface area contributed by atoms with Crippen molar-refractivity contribution in [3.8, 4) is 0 Å². The first-order valence-electron chi connectivity index (χ1n) is 8.14. The summed E-state index contributed by atoms with van der Waals surface area (Å²) in [4.78, 5) is 14.0. The number of nitrogens with one attached hydrogen (secondary N) is 1. The van der Waals surface area contributed by atoms with E-state index in [2.05, 4.69) is 36.5 Å². The second-order valence-electron chi connectivity index (χ2n) is 7.11. The third-order valence-electron chi connectivity index (χ3n) is 3.80. The molecule has 0 bridgehead atoms.